The summed E-state index contributed by atoms with van der Waals surface area (Å²) in [5.41, 5.74) is 8.51. The molecule has 2 rings (SSSR count). The van der Waals surface area contributed by atoms with Crippen LogP contribution in [0.25, 0.3) is 0 Å². The zero-order valence-corrected chi connectivity index (χ0v) is 11.4. The number of anilines is 1. The molecule has 1 aliphatic rings. The van der Waals surface area contributed by atoms with Gasteiger partial charge in [0.1, 0.15) is 0 Å². The van der Waals surface area contributed by atoms with Gasteiger partial charge >= 0.3 is 0 Å². The second kappa shape index (κ2) is 5.28. The maximum absolute atomic E-state index is 6.34. The van der Waals surface area contributed by atoms with Gasteiger partial charge in [-0.1, -0.05) is 30.7 Å². The number of hydrogen-bond donors (Lipinski definition) is 1. The predicted octanol–water partition coefficient (Wildman–Crippen LogP) is 3.22. The number of hydrogen-bond acceptors (Lipinski definition) is 2. The number of benzene rings is 1. The molecular weight excluding hydrogens is 232 g/mol. The van der Waals surface area contributed by atoms with Crippen LogP contribution < -0.4 is 10.6 Å². The molecule has 0 saturated heterocycles. The van der Waals surface area contributed by atoms with Gasteiger partial charge in [-0.05, 0) is 37.3 Å². The quantitative estimate of drug-likeness (QED) is 0.872. The van der Waals surface area contributed by atoms with E-state index in [4.69, 9.17) is 17.3 Å². The summed E-state index contributed by atoms with van der Waals surface area (Å²) in [5.74, 6) is 0. The van der Waals surface area contributed by atoms with Crippen LogP contribution in [0.1, 0.15) is 31.7 Å². The van der Waals surface area contributed by atoms with Gasteiger partial charge in [-0.2, -0.15) is 0 Å². The Morgan fingerprint density at radius 2 is 2.18 bits per heavy atom. The molecule has 0 amide bonds. The Labute approximate surface area is 109 Å². The number of rotatable bonds is 5. The van der Waals surface area contributed by atoms with Gasteiger partial charge in [0, 0.05) is 19.1 Å². The monoisotopic (exact) mass is 252 g/mol. The van der Waals surface area contributed by atoms with Crippen LogP contribution in [-0.4, -0.2) is 19.1 Å². The van der Waals surface area contributed by atoms with Gasteiger partial charge in [-0.25, -0.2) is 0 Å². The zero-order chi connectivity index (χ0) is 12.4. The van der Waals surface area contributed by atoms with Gasteiger partial charge in [-0.15, -0.1) is 0 Å². The standard InChI is InChI=1S/C14H21ClN2/c1-3-11(16)9-10-5-4-6-13(15)14(10)17(2)12-7-8-12/h4-6,11-12H,3,7-9,16H2,1-2H3. The molecule has 17 heavy (non-hydrogen) atoms. The van der Waals surface area contributed by atoms with Crippen molar-refractivity contribution in [3.63, 3.8) is 0 Å². The van der Waals surface area contributed by atoms with Gasteiger partial charge in [0.25, 0.3) is 0 Å². The van der Waals surface area contributed by atoms with E-state index in [-0.39, 0.29) is 6.04 Å². The van der Waals surface area contributed by atoms with E-state index in [0.29, 0.717) is 6.04 Å². The van der Waals surface area contributed by atoms with Crippen molar-refractivity contribution in [2.45, 2.75) is 44.7 Å². The summed E-state index contributed by atoms with van der Waals surface area (Å²) in [7, 11) is 2.14. The van der Waals surface area contributed by atoms with Crippen molar-refractivity contribution in [3.8, 4) is 0 Å². The molecule has 0 aromatic heterocycles. The molecule has 0 bridgehead atoms. The molecule has 1 unspecified atom stereocenters. The predicted molar refractivity (Wildman–Crippen MR) is 74.8 cm³/mol. The van der Waals surface area contributed by atoms with Crippen LogP contribution in [0.15, 0.2) is 18.2 Å². The van der Waals surface area contributed by atoms with Crippen LogP contribution in [0, 0.1) is 0 Å². The highest BCUT2D eigenvalue weighted by molar-refractivity contribution is 6.33. The van der Waals surface area contributed by atoms with Crippen LogP contribution in [0.5, 0.6) is 0 Å². The average molecular weight is 253 g/mol. The molecule has 94 valence electrons. The Morgan fingerprint density at radius 1 is 1.47 bits per heavy atom. The summed E-state index contributed by atoms with van der Waals surface area (Å²) in [6.45, 7) is 2.12. The molecule has 3 heteroatoms. The molecule has 0 radical (unpaired) electrons. The fourth-order valence-electron chi connectivity index (χ4n) is 2.19. The highest BCUT2D eigenvalue weighted by atomic mass is 35.5. The Balaban J connectivity index is 2.26. The minimum absolute atomic E-state index is 0.222. The second-order valence-corrected chi connectivity index (χ2v) is 5.37. The SMILES string of the molecule is CCC(N)Cc1cccc(Cl)c1N(C)C1CC1. The Bertz CT molecular complexity index is 388. The van der Waals surface area contributed by atoms with E-state index in [0.717, 1.165) is 17.9 Å². The van der Waals surface area contributed by atoms with E-state index in [1.54, 1.807) is 0 Å². The maximum Gasteiger partial charge on any atom is 0.0642 e. The Morgan fingerprint density at radius 3 is 2.76 bits per heavy atom. The highest BCUT2D eigenvalue weighted by Crippen LogP contribution is 2.37. The van der Waals surface area contributed by atoms with E-state index >= 15 is 0 Å². The topological polar surface area (TPSA) is 29.3 Å². The summed E-state index contributed by atoms with van der Waals surface area (Å²) in [5, 5.41) is 0.847. The molecule has 0 aliphatic heterocycles. The van der Waals surface area contributed by atoms with E-state index in [1.807, 2.05) is 12.1 Å². The number of halogens is 1. The van der Waals surface area contributed by atoms with Crippen LogP contribution in [0.4, 0.5) is 5.69 Å². The third kappa shape index (κ3) is 2.93. The number of para-hydroxylation sites is 1. The van der Waals surface area contributed by atoms with E-state index in [9.17, 15) is 0 Å². The largest absolute Gasteiger partial charge is 0.370 e. The van der Waals surface area contributed by atoms with Crippen LogP contribution >= 0.6 is 11.6 Å². The second-order valence-electron chi connectivity index (χ2n) is 4.96. The minimum atomic E-state index is 0.222. The van der Waals surface area contributed by atoms with Crippen LogP contribution in [0.3, 0.4) is 0 Å². The molecule has 0 heterocycles. The Kier molecular flexibility index (Phi) is 3.95. The minimum Gasteiger partial charge on any atom is -0.370 e. The maximum atomic E-state index is 6.34. The normalized spacial score (nSPS) is 16.9. The van der Waals surface area contributed by atoms with Crippen LogP contribution in [0.2, 0.25) is 5.02 Å². The smallest absolute Gasteiger partial charge is 0.0642 e. The average Bonchev–Trinajstić information content (AvgIpc) is 3.12. The Hall–Kier alpha value is -0.730. The van der Waals surface area contributed by atoms with E-state index in [1.165, 1.54) is 24.1 Å². The molecule has 1 aromatic rings. The van der Waals surface area contributed by atoms with Crippen molar-refractivity contribution in [1.82, 2.24) is 0 Å². The number of nitrogens with two attached hydrogens (primary N) is 1. The first-order chi connectivity index (χ1) is 8.13. The third-order valence-electron chi connectivity index (χ3n) is 3.52. The van der Waals surface area contributed by atoms with Gasteiger partial charge in [0.05, 0.1) is 10.7 Å². The molecule has 1 atom stereocenters. The first kappa shape index (κ1) is 12.7. The summed E-state index contributed by atoms with van der Waals surface area (Å²) >= 11 is 6.34. The molecule has 2 nitrogen and oxygen atoms in total. The van der Waals surface area contributed by atoms with Crippen molar-refractivity contribution in [3.05, 3.63) is 28.8 Å². The molecule has 1 fully saturated rings. The molecule has 2 N–H and O–H groups in total. The fraction of sp³-hybridized carbons (Fsp3) is 0.571. The van der Waals surface area contributed by atoms with Gasteiger partial charge in [-0.3, -0.25) is 0 Å². The summed E-state index contributed by atoms with van der Waals surface area (Å²) in [6.07, 6.45) is 4.46. The van der Waals surface area contributed by atoms with Gasteiger partial charge < -0.3 is 10.6 Å². The van der Waals surface area contributed by atoms with Crippen molar-refractivity contribution in [2.75, 3.05) is 11.9 Å². The van der Waals surface area contributed by atoms with Crippen molar-refractivity contribution >= 4 is 17.3 Å². The third-order valence-corrected chi connectivity index (χ3v) is 3.83. The lowest BCUT2D eigenvalue weighted by molar-refractivity contribution is 0.645. The van der Waals surface area contributed by atoms with E-state index < -0.39 is 0 Å². The van der Waals surface area contributed by atoms with E-state index in [2.05, 4.69) is 24.9 Å². The first-order valence-corrected chi connectivity index (χ1v) is 6.77. The van der Waals surface area contributed by atoms with Crippen molar-refractivity contribution < 1.29 is 0 Å². The molecule has 1 aromatic carbocycles. The van der Waals surface area contributed by atoms with Crippen LogP contribution in [-0.2, 0) is 6.42 Å². The summed E-state index contributed by atoms with van der Waals surface area (Å²) < 4.78 is 0. The lowest BCUT2D eigenvalue weighted by atomic mass is 10.0. The summed E-state index contributed by atoms with van der Waals surface area (Å²) in [6, 6.07) is 7.03. The van der Waals surface area contributed by atoms with Gasteiger partial charge in [0.2, 0.25) is 0 Å². The summed E-state index contributed by atoms with van der Waals surface area (Å²) in [4.78, 5) is 2.32. The number of nitrogens with zero attached hydrogens (tertiary/aromatic N) is 1. The lowest BCUT2D eigenvalue weighted by Crippen LogP contribution is -2.25. The van der Waals surface area contributed by atoms with Gasteiger partial charge in [0.15, 0.2) is 0 Å². The molecule has 0 spiro atoms. The lowest BCUT2D eigenvalue weighted by Gasteiger charge is -2.24. The molecular formula is C14H21ClN2. The fourth-order valence-corrected chi connectivity index (χ4v) is 2.52. The highest BCUT2D eigenvalue weighted by Gasteiger charge is 2.28. The molecule has 1 saturated carbocycles. The first-order valence-electron chi connectivity index (χ1n) is 6.39. The van der Waals surface area contributed by atoms with Crippen molar-refractivity contribution in [1.29, 1.82) is 0 Å². The zero-order valence-electron chi connectivity index (χ0n) is 10.6. The van der Waals surface area contributed by atoms with Crippen molar-refractivity contribution in [2.24, 2.45) is 5.73 Å². The molecule has 1 aliphatic carbocycles.